The highest BCUT2D eigenvalue weighted by molar-refractivity contribution is 7.90. The van der Waals surface area contributed by atoms with Crippen LogP contribution in [0.3, 0.4) is 0 Å². The fraction of sp³-hybridized carbons (Fsp3) is 0.476. The number of carbonyl (C=O) groups is 2. The second kappa shape index (κ2) is 10.4. The monoisotopic (exact) mass is 533 g/mol. The minimum absolute atomic E-state index is 0.0398. The van der Waals surface area contributed by atoms with E-state index >= 15 is 0 Å². The normalized spacial score (nSPS) is 15.9. The van der Waals surface area contributed by atoms with Crippen LogP contribution in [0.1, 0.15) is 13.8 Å². The van der Waals surface area contributed by atoms with E-state index in [1.54, 1.807) is 30.9 Å². The number of sulfonamides is 1. The van der Waals surface area contributed by atoms with Crippen LogP contribution < -0.4 is 15.4 Å². The number of nitrogens with zero attached hydrogens (tertiary/aromatic N) is 3. The summed E-state index contributed by atoms with van der Waals surface area (Å²) in [5.41, 5.74) is -5.39. The van der Waals surface area contributed by atoms with Gasteiger partial charge >= 0.3 is 27.3 Å². The Morgan fingerprint density at radius 1 is 1.14 bits per heavy atom. The van der Waals surface area contributed by atoms with Crippen LogP contribution in [0.15, 0.2) is 35.2 Å². The summed E-state index contributed by atoms with van der Waals surface area (Å²) in [4.78, 5) is 30.5. The molecule has 0 aliphatic carbocycles. The molecule has 15 heteroatoms. The summed E-state index contributed by atoms with van der Waals surface area (Å²) in [5, 5.41) is 5.07. The second-order valence-electron chi connectivity index (χ2n) is 8.70. The van der Waals surface area contributed by atoms with Gasteiger partial charge in [0.15, 0.2) is 12.2 Å². The number of amides is 2. The van der Waals surface area contributed by atoms with Crippen molar-refractivity contribution in [2.45, 2.75) is 24.9 Å². The molecular formula is C21H26F3N5O6S. The molecule has 36 heavy (non-hydrogen) atoms. The Labute approximate surface area is 205 Å². The first-order chi connectivity index (χ1) is 16.7. The molecule has 0 saturated carbocycles. The van der Waals surface area contributed by atoms with E-state index in [1.807, 2.05) is 0 Å². The van der Waals surface area contributed by atoms with Gasteiger partial charge in [-0.25, -0.2) is 13.4 Å². The molecule has 3 rings (SSSR count). The Balaban J connectivity index is 1.55. The molecule has 2 amide bonds. The van der Waals surface area contributed by atoms with Crippen molar-refractivity contribution in [1.29, 1.82) is 0 Å². The maximum atomic E-state index is 12.7. The van der Waals surface area contributed by atoms with E-state index in [0.29, 0.717) is 27.1 Å². The zero-order chi connectivity index (χ0) is 26.7. The van der Waals surface area contributed by atoms with Gasteiger partial charge in [0.2, 0.25) is 0 Å². The Kier molecular flexibility index (Phi) is 7.95. The van der Waals surface area contributed by atoms with Crippen molar-refractivity contribution in [3.8, 4) is 17.1 Å². The number of oxazole rings is 1. The van der Waals surface area contributed by atoms with E-state index < -0.39 is 32.9 Å². The number of alkyl halides is 3. The Morgan fingerprint density at radius 2 is 1.81 bits per heavy atom. The quantitative estimate of drug-likeness (QED) is 0.514. The van der Waals surface area contributed by atoms with Gasteiger partial charge in [-0.2, -0.15) is 17.5 Å². The maximum absolute atomic E-state index is 12.7. The van der Waals surface area contributed by atoms with Gasteiger partial charge in [0.25, 0.3) is 0 Å². The van der Waals surface area contributed by atoms with Crippen molar-refractivity contribution in [2.75, 3.05) is 45.2 Å². The molecule has 198 valence electrons. The third-order valence-electron chi connectivity index (χ3n) is 5.40. The number of ether oxygens (including phenoxy) is 1. The highest BCUT2D eigenvalue weighted by Gasteiger charge is 2.50. The van der Waals surface area contributed by atoms with Crippen LogP contribution >= 0.6 is 0 Å². The minimum atomic E-state index is -5.38. The lowest BCUT2D eigenvalue weighted by molar-refractivity contribution is -0.137. The molecule has 1 saturated heterocycles. The fourth-order valence-corrected chi connectivity index (χ4v) is 4.68. The standard InChI is InChI=1S/C21H26F3N5O6S/c1-20(2,12-28-6-8-29(9-7-28)36(32,33)21(22,23)24)27-19(31)18(30)26-14-4-5-15(16(10-14)34-3)17-11-25-13-35-17/h4-5,10-11,13H,6-9,12H2,1-3H3,(H,26,30)(H,27,31). The predicted molar refractivity (Wildman–Crippen MR) is 122 cm³/mol. The molecule has 11 nitrogen and oxygen atoms in total. The van der Waals surface area contributed by atoms with Crippen LogP contribution in [0.5, 0.6) is 5.75 Å². The van der Waals surface area contributed by atoms with Crippen molar-refractivity contribution >= 4 is 27.5 Å². The van der Waals surface area contributed by atoms with Gasteiger partial charge in [-0.05, 0) is 26.0 Å². The Hall–Kier alpha value is -3.17. The van der Waals surface area contributed by atoms with E-state index in [-0.39, 0.29) is 32.7 Å². The molecule has 1 aliphatic heterocycles. The third-order valence-corrected chi connectivity index (χ3v) is 7.03. The van der Waals surface area contributed by atoms with Crippen molar-refractivity contribution in [2.24, 2.45) is 0 Å². The first kappa shape index (κ1) is 27.4. The minimum Gasteiger partial charge on any atom is -0.496 e. The van der Waals surface area contributed by atoms with Crippen LogP contribution in [0.4, 0.5) is 18.9 Å². The van der Waals surface area contributed by atoms with E-state index in [1.165, 1.54) is 25.8 Å². The van der Waals surface area contributed by atoms with Gasteiger partial charge in [0.05, 0.1) is 18.9 Å². The smallest absolute Gasteiger partial charge is 0.496 e. The van der Waals surface area contributed by atoms with Gasteiger partial charge in [-0.15, -0.1) is 0 Å². The zero-order valence-electron chi connectivity index (χ0n) is 19.8. The average Bonchev–Trinajstić information content (AvgIpc) is 3.32. The van der Waals surface area contributed by atoms with E-state index in [0.717, 1.165) is 0 Å². The van der Waals surface area contributed by atoms with Crippen molar-refractivity contribution in [1.82, 2.24) is 19.5 Å². The molecule has 1 fully saturated rings. The summed E-state index contributed by atoms with van der Waals surface area (Å²) >= 11 is 0. The lowest BCUT2D eigenvalue weighted by atomic mass is 10.0. The summed E-state index contributed by atoms with van der Waals surface area (Å²) < 4.78 is 72.3. The molecule has 0 unspecified atom stereocenters. The van der Waals surface area contributed by atoms with E-state index in [4.69, 9.17) is 9.15 Å². The van der Waals surface area contributed by atoms with Crippen LogP contribution in [-0.2, 0) is 19.6 Å². The van der Waals surface area contributed by atoms with Crippen molar-refractivity contribution in [3.05, 3.63) is 30.8 Å². The summed E-state index contributed by atoms with van der Waals surface area (Å²) in [6.07, 6.45) is 2.77. The van der Waals surface area contributed by atoms with Crippen molar-refractivity contribution < 1.29 is 40.3 Å². The number of methoxy groups -OCH3 is 1. The first-order valence-electron chi connectivity index (χ1n) is 10.7. The molecule has 0 atom stereocenters. The molecule has 0 spiro atoms. The number of nitrogens with one attached hydrogen (secondary N) is 2. The molecule has 0 radical (unpaired) electrons. The van der Waals surface area contributed by atoms with Gasteiger partial charge in [0, 0.05) is 50.0 Å². The summed E-state index contributed by atoms with van der Waals surface area (Å²) in [5.74, 6) is -1.01. The number of halogens is 3. The van der Waals surface area contributed by atoms with Gasteiger partial charge in [-0.3, -0.25) is 14.5 Å². The highest BCUT2D eigenvalue weighted by atomic mass is 32.2. The van der Waals surface area contributed by atoms with E-state index in [2.05, 4.69) is 15.6 Å². The highest BCUT2D eigenvalue weighted by Crippen LogP contribution is 2.32. The number of hydrogen-bond donors (Lipinski definition) is 2. The fourth-order valence-electron chi connectivity index (χ4n) is 3.75. The van der Waals surface area contributed by atoms with Crippen molar-refractivity contribution in [3.63, 3.8) is 0 Å². The van der Waals surface area contributed by atoms with Crippen LogP contribution in [-0.4, -0.2) is 85.3 Å². The average molecular weight is 534 g/mol. The van der Waals surface area contributed by atoms with Crippen LogP contribution in [0.2, 0.25) is 0 Å². The van der Waals surface area contributed by atoms with Crippen LogP contribution in [0.25, 0.3) is 11.3 Å². The maximum Gasteiger partial charge on any atom is 0.511 e. The summed E-state index contributed by atoms with van der Waals surface area (Å²) in [7, 11) is -3.94. The van der Waals surface area contributed by atoms with Gasteiger partial charge in [-0.1, -0.05) is 0 Å². The number of piperazine rings is 1. The number of anilines is 1. The third kappa shape index (κ3) is 6.33. The number of hydrogen-bond acceptors (Lipinski definition) is 8. The topological polar surface area (TPSA) is 134 Å². The number of carbonyl (C=O) groups excluding carboxylic acids is 2. The molecule has 1 aromatic carbocycles. The number of benzene rings is 1. The molecule has 1 aromatic heterocycles. The van der Waals surface area contributed by atoms with Gasteiger partial charge in [0.1, 0.15) is 5.75 Å². The predicted octanol–water partition coefficient (Wildman–Crippen LogP) is 1.65. The molecule has 2 aromatic rings. The SMILES string of the molecule is COc1cc(NC(=O)C(=O)NC(C)(C)CN2CCN(S(=O)(=O)C(F)(F)F)CC2)ccc1-c1cnco1. The summed E-state index contributed by atoms with van der Waals surface area (Å²) in [6.45, 7) is 2.89. The Morgan fingerprint density at radius 3 is 2.36 bits per heavy atom. The largest absolute Gasteiger partial charge is 0.511 e. The Bertz CT molecular complexity index is 1190. The lowest BCUT2D eigenvalue weighted by Crippen LogP contribution is -2.58. The molecular weight excluding hydrogens is 507 g/mol. The molecule has 0 bridgehead atoms. The molecule has 2 N–H and O–H groups in total. The molecule has 1 aliphatic rings. The first-order valence-corrected chi connectivity index (χ1v) is 12.2. The zero-order valence-corrected chi connectivity index (χ0v) is 20.6. The van der Waals surface area contributed by atoms with Crippen LogP contribution in [0, 0.1) is 0 Å². The number of aromatic nitrogens is 1. The molecule has 2 heterocycles. The number of rotatable bonds is 7. The second-order valence-corrected chi connectivity index (χ2v) is 10.6. The summed E-state index contributed by atoms with van der Waals surface area (Å²) in [6, 6.07) is 4.71. The van der Waals surface area contributed by atoms with E-state index in [9.17, 15) is 31.2 Å². The van der Waals surface area contributed by atoms with Gasteiger partial charge < -0.3 is 19.8 Å². The lowest BCUT2D eigenvalue weighted by Gasteiger charge is -2.38.